The number of hydrogen-bond donors (Lipinski definition) is 1. The van der Waals surface area contributed by atoms with Crippen molar-refractivity contribution in [1.82, 2.24) is 10.2 Å². The first-order chi connectivity index (χ1) is 10.2. The van der Waals surface area contributed by atoms with Gasteiger partial charge in [-0.3, -0.25) is 4.90 Å². The summed E-state index contributed by atoms with van der Waals surface area (Å²) in [4.78, 5) is 2.95. The third kappa shape index (κ3) is 2.67. The van der Waals surface area contributed by atoms with Crippen LogP contribution in [0, 0.1) is 23.7 Å². The molecule has 1 saturated heterocycles. The summed E-state index contributed by atoms with van der Waals surface area (Å²) in [5.74, 6) is 4.19. The second-order valence-corrected chi connectivity index (χ2v) is 8.84. The fourth-order valence-electron chi connectivity index (χ4n) is 5.82. The second kappa shape index (κ2) is 5.53. The Hall–Kier alpha value is -0.0800. The summed E-state index contributed by atoms with van der Waals surface area (Å²) in [5.41, 5.74) is 0.464. The van der Waals surface area contributed by atoms with Gasteiger partial charge < -0.3 is 5.32 Å². The Balaban J connectivity index is 1.45. The Morgan fingerprint density at radius 2 is 2.00 bits per heavy atom. The van der Waals surface area contributed by atoms with Gasteiger partial charge in [-0.1, -0.05) is 19.8 Å². The van der Waals surface area contributed by atoms with Gasteiger partial charge in [-0.15, -0.1) is 0 Å². The van der Waals surface area contributed by atoms with E-state index in [2.05, 4.69) is 24.1 Å². The molecule has 4 rings (SSSR count). The van der Waals surface area contributed by atoms with Crippen LogP contribution in [-0.4, -0.2) is 36.1 Å². The maximum Gasteiger partial charge on any atom is 0.0334 e. The summed E-state index contributed by atoms with van der Waals surface area (Å²) < 4.78 is 0. The zero-order valence-electron chi connectivity index (χ0n) is 14.1. The van der Waals surface area contributed by atoms with Crippen molar-refractivity contribution in [2.45, 2.75) is 76.8 Å². The molecule has 21 heavy (non-hydrogen) atoms. The van der Waals surface area contributed by atoms with Gasteiger partial charge in [-0.05, 0) is 69.1 Å². The van der Waals surface area contributed by atoms with Crippen LogP contribution in [0.15, 0.2) is 0 Å². The van der Waals surface area contributed by atoms with E-state index in [1.807, 2.05) is 0 Å². The molecule has 1 N–H and O–H groups in total. The van der Waals surface area contributed by atoms with Gasteiger partial charge in [0.25, 0.3) is 0 Å². The number of fused-ring (bicyclic) bond motifs is 2. The molecular weight excluding hydrogens is 256 g/mol. The molecule has 4 fully saturated rings. The molecule has 0 amide bonds. The molecule has 5 unspecified atom stereocenters. The van der Waals surface area contributed by atoms with E-state index in [9.17, 15) is 0 Å². The third-order valence-corrected chi connectivity index (χ3v) is 7.35. The predicted octanol–water partition coefficient (Wildman–Crippen LogP) is 3.67. The van der Waals surface area contributed by atoms with Gasteiger partial charge in [0, 0.05) is 31.2 Å². The minimum Gasteiger partial charge on any atom is -0.311 e. The molecule has 0 spiro atoms. The summed E-state index contributed by atoms with van der Waals surface area (Å²) in [5, 5.41) is 3.88. The average molecular weight is 290 g/mol. The van der Waals surface area contributed by atoms with Crippen LogP contribution >= 0.6 is 0 Å². The first-order valence-electron chi connectivity index (χ1n) is 9.67. The van der Waals surface area contributed by atoms with E-state index in [0.29, 0.717) is 5.54 Å². The maximum atomic E-state index is 3.88. The maximum absolute atomic E-state index is 3.88. The van der Waals surface area contributed by atoms with Crippen molar-refractivity contribution < 1.29 is 0 Å². The molecule has 0 aromatic heterocycles. The minimum absolute atomic E-state index is 0.464. The monoisotopic (exact) mass is 290 g/mol. The largest absolute Gasteiger partial charge is 0.311 e. The van der Waals surface area contributed by atoms with Gasteiger partial charge >= 0.3 is 0 Å². The number of piperazine rings is 1. The molecule has 2 bridgehead atoms. The average Bonchev–Trinajstić information content (AvgIpc) is 3.15. The van der Waals surface area contributed by atoms with Crippen LogP contribution in [0.25, 0.3) is 0 Å². The normalized spacial score (nSPS) is 47.1. The van der Waals surface area contributed by atoms with E-state index in [-0.39, 0.29) is 0 Å². The predicted molar refractivity (Wildman–Crippen MR) is 88.3 cm³/mol. The van der Waals surface area contributed by atoms with E-state index >= 15 is 0 Å². The lowest BCUT2D eigenvalue weighted by Crippen LogP contribution is -2.65. The quantitative estimate of drug-likeness (QED) is 0.831. The molecule has 4 aliphatic rings. The van der Waals surface area contributed by atoms with Gasteiger partial charge in [0.1, 0.15) is 0 Å². The van der Waals surface area contributed by atoms with Crippen LogP contribution < -0.4 is 5.32 Å². The fraction of sp³-hybridized carbons (Fsp3) is 1.00. The smallest absolute Gasteiger partial charge is 0.0334 e. The fourth-order valence-corrected chi connectivity index (χ4v) is 5.82. The first kappa shape index (κ1) is 14.5. The van der Waals surface area contributed by atoms with Crippen LogP contribution in [-0.2, 0) is 0 Å². The van der Waals surface area contributed by atoms with Crippen LogP contribution in [0.4, 0.5) is 0 Å². The molecule has 2 heteroatoms. The van der Waals surface area contributed by atoms with E-state index in [1.165, 1.54) is 45.3 Å². The minimum atomic E-state index is 0.464. The lowest BCUT2D eigenvalue weighted by molar-refractivity contribution is 0.0128. The highest BCUT2D eigenvalue weighted by atomic mass is 15.3. The van der Waals surface area contributed by atoms with Gasteiger partial charge in [0.05, 0.1) is 0 Å². The molecule has 3 saturated carbocycles. The van der Waals surface area contributed by atoms with E-state index in [4.69, 9.17) is 0 Å². The van der Waals surface area contributed by atoms with Crippen LogP contribution in [0.1, 0.15) is 65.2 Å². The molecule has 5 atom stereocenters. The van der Waals surface area contributed by atoms with Gasteiger partial charge in [0.15, 0.2) is 0 Å². The van der Waals surface area contributed by atoms with E-state index < -0.39 is 0 Å². The Labute approximate surface area is 131 Å². The van der Waals surface area contributed by atoms with Crippen molar-refractivity contribution in [1.29, 1.82) is 0 Å². The van der Waals surface area contributed by atoms with Crippen LogP contribution in [0.2, 0.25) is 0 Å². The molecule has 3 aliphatic carbocycles. The molecule has 1 heterocycles. The Morgan fingerprint density at radius 3 is 2.62 bits per heavy atom. The van der Waals surface area contributed by atoms with Crippen LogP contribution in [0.5, 0.6) is 0 Å². The van der Waals surface area contributed by atoms with Gasteiger partial charge in [-0.25, -0.2) is 0 Å². The zero-order valence-corrected chi connectivity index (χ0v) is 14.1. The molecule has 0 radical (unpaired) electrons. The van der Waals surface area contributed by atoms with Crippen molar-refractivity contribution in [3.05, 3.63) is 0 Å². The SMILES string of the molecule is CCCC1CN(CC2CC3CCC2C3)C(C)(C2CC2)CN1. The molecular formula is C19H34N2. The highest BCUT2D eigenvalue weighted by molar-refractivity contribution is 5.06. The Morgan fingerprint density at radius 1 is 1.14 bits per heavy atom. The second-order valence-electron chi connectivity index (χ2n) is 8.84. The highest BCUT2D eigenvalue weighted by Gasteiger charge is 2.50. The van der Waals surface area contributed by atoms with E-state index in [1.54, 1.807) is 25.7 Å². The van der Waals surface area contributed by atoms with Crippen molar-refractivity contribution in [2.24, 2.45) is 23.7 Å². The number of hydrogen-bond acceptors (Lipinski definition) is 2. The Kier molecular flexibility index (Phi) is 3.82. The highest BCUT2D eigenvalue weighted by Crippen LogP contribution is 2.50. The van der Waals surface area contributed by atoms with Gasteiger partial charge in [-0.2, -0.15) is 0 Å². The van der Waals surface area contributed by atoms with Crippen molar-refractivity contribution >= 4 is 0 Å². The molecule has 1 aliphatic heterocycles. The van der Waals surface area contributed by atoms with Gasteiger partial charge in [0.2, 0.25) is 0 Å². The lowest BCUT2D eigenvalue weighted by atomic mass is 9.84. The summed E-state index contributed by atoms with van der Waals surface area (Å²) >= 11 is 0. The van der Waals surface area contributed by atoms with Crippen molar-refractivity contribution in [3.8, 4) is 0 Å². The molecule has 120 valence electrons. The molecule has 2 nitrogen and oxygen atoms in total. The van der Waals surface area contributed by atoms with E-state index in [0.717, 1.165) is 29.7 Å². The van der Waals surface area contributed by atoms with Crippen LogP contribution in [0.3, 0.4) is 0 Å². The molecule has 0 aromatic carbocycles. The summed E-state index contributed by atoms with van der Waals surface area (Å²) in [7, 11) is 0. The van der Waals surface area contributed by atoms with Crippen molar-refractivity contribution in [2.75, 3.05) is 19.6 Å². The standard InChI is InChI=1S/C19H34N2/c1-3-4-18-12-21(19(2,13-20-18)17-7-8-17)11-16-10-14-5-6-15(16)9-14/h14-18,20H,3-13H2,1-2H3. The third-order valence-electron chi connectivity index (χ3n) is 7.35. The topological polar surface area (TPSA) is 15.3 Å². The summed E-state index contributed by atoms with van der Waals surface area (Å²) in [6.07, 6.45) is 11.8. The molecule has 0 aromatic rings. The summed E-state index contributed by atoms with van der Waals surface area (Å²) in [6.45, 7) is 8.86. The lowest BCUT2D eigenvalue weighted by Gasteiger charge is -2.50. The Bertz CT molecular complexity index is 378. The number of nitrogens with one attached hydrogen (secondary N) is 1. The number of nitrogens with zero attached hydrogens (tertiary/aromatic N) is 1. The zero-order chi connectivity index (χ0) is 14.4. The summed E-state index contributed by atoms with van der Waals surface area (Å²) in [6, 6.07) is 0.750. The van der Waals surface area contributed by atoms with Crippen molar-refractivity contribution in [3.63, 3.8) is 0 Å². The first-order valence-corrected chi connectivity index (χ1v) is 9.67. The number of rotatable bonds is 5.